The van der Waals surface area contributed by atoms with Crippen LogP contribution < -0.4 is 10.9 Å². The average Bonchev–Trinajstić information content (AvgIpc) is 2.34. The Labute approximate surface area is 55.7 Å². The maximum absolute atomic E-state index is 5.19. The van der Waals surface area contributed by atoms with Gasteiger partial charge >= 0.3 is 0 Å². The summed E-state index contributed by atoms with van der Waals surface area (Å²) in [4.78, 5) is 0. The molecule has 0 radical (unpaired) electrons. The van der Waals surface area contributed by atoms with Crippen LogP contribution >= 0.6 is 0 Å². The van der Waals surface area contributed by atoms with Crippen molar-refractivity contribution in [3.8, 4) is 0 Å². The van der Waals surface area contributed by atoms with Crippen LogP contribution in [0.1, 0.15) is 6.42 Å². The Balaban J connectivity index is 1.98. The minimum Gasteiger partial charge on any atom is -0.381 e. The SMILES string of the molecule is CNNCC1CCOC1. The van der Waals surface area contributed by atoms with E-state index in [1.54, 1.807) is 0 Å². The van der Waals surface area contributed by atoms with Gasteiger partial charge in [0.15, 0.2) is 0 Å². The van der Waals surface area contributed by atoms with Crippen LogP contribution in [0.3, 0.4) is 0 Å². The average molecular weight is 130 g/mol. The van der Waals surface area contributed by atoms with E-state index in [1.807, 2.05) is 7.05 Å². The Bertz CT molecular complexity index is 71.5. The van der Waals surface area contributed by atoms with Crippen LogP contribution in [-0.2, 0) is 4.74 Å². The highest BCUT2D eigenvalue weighted by molar-refractivity contribution is 4.64. The van der Waals surface area contributed by atoms with Crippen molar-refractivity contribution in [2.75, 3.05) is 26.8 Å². The van der Waals surface area contributed by atoms with E-state index >= 15 is 0 Å². The fourth-order valence-corrected chi connectivity index (χ4v) is 0.991. The maximum Gasteiger partial charge on any atom is 0.0507 e. The van der Waals surface area contributed by atoms with Gasteiger partial charge < -0.3 is 4.74 Å². The molecule has 1 unspecified atom stereocenters. The predicted molar refractivity (Wildman–Crippen MR) is 36.0 cm³/mol. The summed E-state index contributed by atoms with van der Waals surface area (Å²) in [6, 6.07) is 0. The largest absolute Gasteiger partial charge is 0.381 e. The second kappa shape index (κ2) is 3.82. The fraction of sp³-hybridized carbons (Fsp3) is 1.00. The summed E-state index contributed by atoms with van der Waals surface area (Å²) in [6.07, 6.45) is 1.20. The minimum absolute atomic E-state index is 0.720. The predicted octanol–water partition coefficient (Wildman–Crippen LogP) is -0.253. The van der Waals surface area contributed by atoms with Crippen molar-refractivity contribution in [2.45, 2.75) is 6.42 Å². The Morgan fingerprint density at radius 3 is 3.11 bits per heavy atom. The van der Waals surface area contributed by atoms with Crippen molar-refractivity contribution in [1.82, 2.24) is 10.9 Å². The van der Waals surface area contributed by atoms with Gasteiger partial charge in [0, 0.05) is 13.2 Å². The summed E-state index contributed by atoms with van der Waals surface area (Å²) in [5.74, 6) is 0.720. The quantitative estimate of drug-likeness (QED) is 0.517. The van der Waals surface area contributed by atoms with Crippen LogP contribution in [0.15, 0.2) is 0 Å². The van der Waals surface area contributed by atoms with Gasteiger partial charge in [0.2, 0.25) is 0 Å². The molecule has 1 heterocycles. The summed E-state index contributed by atoms with van der Waals surface area (Å²) in [5, 5.41) is 0. The monoisotopic (exact) mass is 130 g/mol. The summed E-state index contributed by atoms with van der Waals surface area (Å²) in [5.41, 5.74) is 5.95. The van der Waals surface area contributed by atoms with E-state index in [-0.39, 0.29) is 0 Å². The first kappa shape index (κ1) is 6.99. The molecule has 0 aromatic rings. The van der Waals surface area contributed by atoms with Gasteiger partial charge in [0.1, 0.15) is 0 Å². The molecule has 1 fully saturated rings. The Morgan fingerprint density at radius 2 is 2.56 bits per heavy atom. The van der Waals surface area contributed by atoms with E-state index in [1.165, 1.54) is 6.42 Å². The molecule has 0 aliphatic carbocycles. The van der Waals surface area contributed by atoms with Crippen LogP contribution in [0.4, 0.5) is 0 Å². The van der Waals surface area contributed by atoms with Crippen molar-refractivity contribution >= 4 is 0 Å². The van der Waals surface area contributed by atoms with Crippen molar-refractivity contribution in [3.05, 3.63) is 0 Å². The lowest BCUT2D eigenvalue weighted by Crippen LogP contribution is -2.32. The molecule has 1 rings (SSSR count). The molecule has 1 aliphatic heterocycles. The topological polar surface area (TPSA) is 33.3 Å². The molecule has 0 aromatic carbocycles. The molecule has 3 nitrogen and oxygen atoms in total. The van der Waals surface area contributed by atoms with Crippen LogP contribution in [-0.4, -0.2) is 26.8 Å². The third kappa shape index (κ3) is 2.30. The van der Waals surface area contributed by atoms with Gasteiger partial charge in [0.25, 0.3) is 0 Å². The molecule has 54 valence electrons. The molecule has 1 aliphatic rings. The maximum atomic E-state index is 5.19. The first-order valence-corrected chi connectivity index (χ1v) is 3.41. The highest BCUT2D eigenvalue weighted by atomic mass is 16.5. The zero-order valence-electron chi connectivity index (χ0n) is 5.81. The molecule has 3 heteroatoms. The lowest BCUT2D eigenvalue weighted by molar-refractivity contribution is 0.184. The van der Waals surface area contributed by atoms with Crippen LogP contribution in [0.5, 0.6) is 0 Å². The van der Waals surface area contributed by atoms with Crippen LogP contribution in [0.2, 0.25) is 0 Å². The van der Waals surface area contributed by atoms with Gasteiger partial charge in [0.05, 0.1) is 6.61 Å². The van der Waals surface area contributed by atoms with Crippen molar-refractivity contribution in [2.24, 2.45) is 5.92 Å². The van der Waals surface area contributed by atoms with E-state index < -0.39 is 0 Å². The molecule has 2 N–H and O–H groups in total. The lowest BCUT2D eigenvalue weighted by Gasteiger charge is -2.06. The number of hydrogen-bond donors (Lipinski definition) is 2. The van der Waals surface area contributed by atoms with Gasteiger partial charge in [-0.15, -0.1) is 0 Å². The normalized spacial score (nSPS) is 27.0. The number of hydrazine groups is 1. The fourth-order valence-electron chi connectivity index (χ4n) is 0.991. The van der Waals surface area contributed by atoms with E-state index in [4.69, 9.17) is 4.74 Å². The summed E-state index contributed by atoms with van der Waals surface area (Å²) < 4.78 is 5.19. The van der Waals surface area contributed by atoms with Gasteiger partial charge in [-0.05, 0) is 19.4 Å². The third-order valence-corrected chi connectivity index (χ3v) is 1.59. The number of ether oxygens (including phenoxy) is 1. The first-order valence-electron chi connectivity index (χ1n) is 3.41. The van der Waals surface area contributed by atoms with Crippen molar-refractivity contribution in [3.63, 3.8) is 0 Å². The molecular weight excluding hydrogens is 116 g/mol. The molecule has 0 bridgehead atoms. The van der Waals surface area contributed by atoms with Gasteiger partial charge in [-0.2, -0.15) is 0 Å². The third-order valence-electron chi connectivity index (χ3n) is 1.59. The van der Waals surface area contributed by atoms with E-state index in [0.29, 0.717) is 0 Å². The second-order valence-corrected chi connectivity index (χ2v) is 2.36. The van der Waals surface area contributed by atoms with Gasteiger partial charge in [-0.1, -0.05) is 0 Å². The summed E-state index contributed by atoms with van der Waals surface area (Å²) in [7, 11) is 1.88. The summed E-state index contributed by atoms with van der Waals surface area (Å²) in [6.45, 7) is 2.89. The molecule has 0 spiro atoms. The smallest absolute Gasteiger partial charge is 0.0507 e. The number of hydrogen-bond acceptors (Lipinski definition) is 3. The molecule has 0 aromatic heterocycles. The van der Waals surface area contributed by atoms with Crippen molar-refractivity contribution < 1.29 is 4.74 Å². The minimum atomic E-state index is 0.720. The number of rotatable bonds is 3. The van der Waals surface area contributed by atoms with Crippen LogP contribution in [0, 0.1) is 5.92 Å². The van der Waals surface area contributed by atoms with E-state index in [0.717, 1.165) is 25.7 Å². The van der Waals surface area contributed by atoms with Crippen molar-refractivity contribution in [1.29, 1.82) is 0 Å². The Hall–Kier alpha value is -0.120. The number of nitrogens with one attached hydrogen (secondary N) is 2. The van der Waals surface area contributed by atoms with E-state index in [2.05, 4.69) is 10.9 Å². The Kier molecular flexibility index (Phi) is 2.97. The van der Waals surface area contributed by atoms with Gasteiger partial charge in [-0.25, -0.2) is 0 Å². The molecule has 9 heavy (non-hydrogen) atoms. The molecule has 1 saturated heterocycles. The highest BCUT2D eigenvalue weighted by Gasteiger charge is 2.13. The summed E-state index contributed by atoms with van der Waals surface area (Å²) >= 11 is 0. The molecule has 0 amide bonds. The molecular formula is C6H14N2O. The van der Waals surface area contributed by atoms with Gasteiger partial charge in [-0.3, -0.25) is 10.9 Å². The first-order chi connectivity index (χ1) is 4.43. The zero-order valence-corrected chi connectivity index (χ0v) is 5.81. The lowest BCUT2D eigenvalue weighted by atomic mass is 10.1. The second-order valence-electron chi connectivity index (χ2n) is 2.36. The standard InChI is InChI=1S/C6H14N2O/c1-7-8-4-6-2-3-9-5-6/h6-8H,2-5H2,1H3. The zero-order chi connectivity index (χ0) is 6.53. The Morgan fingerprint density at radius 1 is 1.67 bits per heavy atom. The highest BCUT2D eigenvalue weighted by Crippen LogP contribution is 2.09. The molecule has 1 atom stereocenters. The van der Waals surface area contributed by atoms with E-state index in [9.17, 15) is 0 Å². The molecule has 0 saturated carbocycles. The van der Waals surface area contributed by atoms with Crippen LogP contribution in [0.25, 0.3) is 0 Å².